The van der Waals surface area contributed by atoms with E-state index >= 15 is 0 Å². The Kier molecular flexibility index (Phi) is 5.22. The molecule has 6 nitrogen and oxygen atoms in total. The number of hydrogen-bond donors (Lipinski definition) is 0. The van der Waals surface area contributed by atoms with Crippen LogP contribution >= 0.6 is 0 Å². The summed E-state index contributed by atoms with van der Waals surface area (Å²) < 4.78 is 16.9. The zero-order valence-electron chi connectivity index (χ0n) is 12.8. The third kappa shape index (κ3) is 4.25. The second-order valence-electron chi connectivity index (χ2n) is 5.92. The van der Waals surface area contributed by atoms with Gasteiger partial charge in [0.05, 0.1) is 18.8 Å². The molecule has 6 heteroatoms. The Labute approximate surface area is 125 Å². The summed E-state index contributed by atoms with van der Waals surface area (Å²) in [5.41, 5.74) is 0. The molecule has 0 amide bonds. The van der Waals surface area contributed by atoms with Gasteiger partial charge in [0, 0.05) is 32.7 Å². The topological polar surface area (TPSA) is 60.6 Å². The molecule has 2 fully saturated rings. The van der Waals surface area contributed by atoms with Crippen LogP contribution in [0.15, 0.2) is 4.52 Å². The molecule has 2 aliphatic heterocycles. The zero-order valence-corrected chi connectivity index (χ0v) is 12.8. The highest BCUT2D eigenvalue weighted by Crippen LogP contribution is 2.18. The summed E-state index contributed by atoms with van der Waals surface area (Å²) in [6, 6.07) is 0. The molecule has 1 aromatic rings. The van der Waals surface area contributed by atoms with Gasteiger partial charge in [0.2, 0.25) is 5.89 Å². The number of ether oxygens (including phenoxy) is 2. The second kappa shape index (κ2) is 7.33. The third-order valence-electron chi connectivity index (χ3n) is 4.16. The minimum atomic E-state index is 0.333. The highest BCUT2D eigenvalue weighted by molar-refractivity contribution is 4.87. The first-order valence-electron chi connectivity index (χ1n) is 8.10. The van der Waals surface area contributed by atoms with Crippen LogP contribution in [-0.4, -0.2) is 53.6 Å². The summed E-state index contributed by atoms with van der Waals surface area (Å²) >= 11 is 0. The smallest absolute Gasteiger partial charge is 0.240 e. The van der Waals surface area contributed by atoms with E-state index < -0.39 is 0 Å². The summed E-state index contributed by atoms with van der Waals surface area (Å²) in [7, 11) is 0. The predicted molar refractivity (Wildman–Crippen MR) is 76.9 cm³/mol. The van der Waals surface area contributed by atoms with E-state index in [-0.39, 0.29) is 0 Å². The molecule has 2 unspecified atom stereocenters. The van der Waals surface area contributed by atoms with E-state index in [1.54, 1.807) is 0 Å². The van der Waals surface area contributed by atoms with Crippen LogP contribution < -0.4 is 0 Å². The van der Waals surface area contributed by atoms with Crippen LogP contribution in [0.1, 0.15) is 44.3 Å². The lowest BCUT2D eigenvalue weighted by atomic mass is 10.2. The molecular formula is C15H25N3O3. The molecule has 3 rings (SSSR count). The first-order chi connectivity index (χ1) is 10.3. The van der Waals surface area contributed by atoms with Crippen LogP contribution in [0.3, 0.4) is 0 Å². The van der Waals surface area contributed by atoms with Gasteiger partial charge < -0.3 is 14.0 Å². The van der Waals surface area contributed by atoms with Crippen LogP contribution in [0.2, 0.25) is 0 Å². The van der Waals surface area contributed by atoms with Crippen molar-refractivity contribution in [1.29, 1.82) is 0 Å². The molecule has 0 bridgehead atoms. The van der Waals surface area contributed by atoms with Crippen molar-refractivity contribution in [3.05, 3.63) is 11.7 Å². The van der Waals surface area contributed by atoms with E-state index in [2.05, 4.69) is 15.0 Å². The Hall–Kier alpha value is -0.980. The monoisotopic (exact) mass is 295 g/mol. The maximum Gasteiger partial charge on any atom is 0.240 e. The maximum absolute atomic E-state index is 5.76. The van der Waals surface area contributed by atoms with Crippen molar-refractivity contribution in [2.45, 2.75) is 57.8 Å². The normalized spacial score (nSPS) is 26.0. The molecule has 0 aromatic carbocycles. The molecule has 0 saturated carbocycles. The highest BCUT2D eigenvalue weighted by Gasteiger charge is 2.25. The zero-order chi connectivity index (χ0) is 14.5. The largest absolute Gasteiger partial charge is 0.377 e. The fourth-order valence-corrected chi connectivity index (χ4v) is 3.05. The molecule has 0 aliphatic carbocycles. The summed E-state index contributed by atoms with van der Waals surface area (Å²) in [6.07, 6.45) is 6.09. The highest BCUT2D eigenvalue weighted by atomic mass is 16.5. The van der Waals surface area contributed by atoms with Crippen LogP contribution in [0.4, 0.5) is 0 Å². The Morgan fingerprint density at radius 2 is 1.76 bits per heavy atom. The molecule has 0 N–H and O–H groups in total. The SMILES string of the molecule is CCc1noc(CN(CC2CCCO2)CC2CCCO2)n1. The van der Waals surface area contributed by atoms with Gasteiger partial charge in [-0.3, -0.25) is 4.90 Å². The summed E-state index contributed by atoms with van der Waals surface area (Å²) in [6.45, 7) is 6.34. The molecule has 0 radical (unpaired) electrons. The average Bonchev–Trinajstić information content (AvgIpc) is 3.20. The van der Waals surface area contributed by atoms with E-state index in [1.165, 1.54) is 12.8 Å². The van der Waals surface area contributed by atoms with Gasteiger partial charge >= 0.3 is 0 Å². The lowest BCUT2D eigenvalue weighted by Gasteiger charge is -2.26. The second-order valence-corrected chi connectivity index (χ2v) is 5.92. The minimum absolute atomic E-state index is 0.333. The van der Waals surface area contributed by atoms with Crippen LogP contribution in [-0.2, 0) is 22.4 Å². The van der Waals surface area contributed by atoms with E-state index in [9.17, 15) is 0 Å². The van der Waals surface area contributed by atoms with Gasteiger partial charge in [0.15, 0.2) is 5.82 Å². The van der Waals surface area contributed by atoms with Gasteiger partial charge in [0.1, 0.15) is 0 Å². The Morgan fingerprint density at radius 1 is 1.10 bits per heavy atom. The van der Waals surface area contributed by atoms with E-state index in [0.717, 1.165) is 51.4 Å². The quantitative estimate of drug-likeness (QED) is 0.764. The van der Waals surface area contributed by atoms with Gasteiger partial charge in [-0.1, -0.05) is 12.1 Å². The van der Waals surface area contributed by atoms with E-state index in [4.69, 9.17) is 14.0 Å². The summed E-state index contributed by atoms with van der Waals surface area (Å²) in [5.74, 6) is 1.47. The minimum Gasteiger partial charge on any atom is -0.377 e. The number of aromatic nitrogens is 2. The number of rotatable bonds is 7. The van der Waals surface area contributed by atoms with Gasteiger partial charge in [-0.15, -0.1) is 0 Å². The standard InChI is InChI=1S/C15H25N3O3/c1-2-14-16-15(21-17-14)11-18(9-12-5-3-7-19-12)10-13-6-4-8-20-13/h12-13H,2-11H2,1H3. The van der Waals surface area contributed by atoms with Crippen LogP contribution in [0.25, 0.3) is 0 Å². The number of aryl methyl sites for hydroxylation is 1. The molecule has 2 atom stereocenters. The third-order valence-corrected chi connectivity index (χ3v) is 4.16. The lowest BCUT2D eigenvalue weighted by Crippen LogP contribution is -2.37. The lowest BCUT2D eigenvalue weighted by molar-refractivity contribution is 0.0309. The fourth-order valence-electron chi connectivity index (χ4n) is 3.05. The molecule has 1 aromatic heterocycles. The molecule has 3 heterocycles. The van der Waals surface area contributed by atoms with E-state index in [0.29, 0.717) is 24.6 Å². The first-order valence-corrected chi connectivity index (χ1v) is 8.10. The van der Waals surface area contributed by atoms with Crippen molar-refractivity contribution in [2.75, 3.05) is 26.3 Å². The predicted octanol–water partition coefficient (Wildman–Crippen LogP) is 1.79. The molecule has 2 saturated heterocycles. The van der Waals surface area contributed by atoms with Crippen molar-refractivity contribution in [2.24, 2.45) is 0 Å². The van der Waals surface area contributed by atoms with Crippen molar-refractivity contribution >= 4 is 0 Å². The molecule has 0 spiro atoms. The van der Waals surface area contributed by atoms with Gasteiger partial charge in [-0.2, -0.15) is 4.98 Å². The van der Waals surface area contributed by atoms with Crippen molar-refractivity contribution < 1.29 is 14.0 Å². The Morgan fingerprint density at radius 3 is 2.24 bits per heavy atom. The van der Waals surface area contributed by atoms with Crippen molar-refractivity contribution in [3.8, 4) is 0 Å². The molecule has 2 aliphatic rings. The van der Waals surface area contributed by atoms with Gasteiger partial charge in [0.25, 0.3) is 0 Å². The molecule has 118 valence electrons. The van der Waals surface area contributed by atoms with Crippen molar-refractivity contribution in [1.82, 2.24) is 15.0 Å². The van der Waals surface area contributed by atoms with Gasteiger partial charge in [-0.25, -0.2) is 0 Å². The average molecular weight is 295 g/mol. The molecule has 21 heavy (non-hydrogen) atoms. The van der Waals surface area contributed by atoms with Crippen LogP contribution in [0, 0.1) is 0 Å². The number of hydrogen-bond acceptors (Lipinski definition) is 6. The van der Waals surface area contributed by atoms with Gasteiger partial charge in [-0.05, 0) is 25.7 Å². The van der Waals surface area contributed by atoms with E-state index in [1.807, 2.05) is 6.92 Å². The number of nitrogens with zero attached hydrogens (tertiary/aromatic N) is 3. The Bertz CT molecular complexity index is 408. The first kappa shape index (κ1) is 14.9. The van der Waals surface area contributed by atoms with Crippen LogP contribution in [0.5, 0.6) is 0 Å². The fraction of sp³-hybridized carbons (Fsp3) is 0.867. The summed E-state index contributed by atoms with van der Waals surface area (Å²) in [4.78, 5) is 6.76. The van der Waals surface area contributed by atoms with Crippen molar-refractivity contribution in [3.63, 3.8) is 0 Å². The molecular weight excluding hydrogens is 270 g/mol. The summed E-state index contributed by atoms with van der Waals surface area (Å²) in [5, 5.41) is 3.98. The Balaban J connectivity index is 1.58. The maximum atomic E-state index is 5.76.